The highest BCUT2D eigenvalue weighted by atomic mass is 14.3. The third-order valence-corrected chi connectivity index (χ3v) is 2.91. The molecule has 2 aromatic carbocycles. The van der Waals surface area contributed by atoms with Crippen LogP contribution >= 0.6 is 0 Å². The molecule has 0 saturated heterocycles. The summed E-state index contributed by atoms with van der Waals surface area (Å²) in [5.74, 6) is 0. The third-order valence-electron chi connectivity index (χ3n) is 2.91. The molecule has 0 atom stereocenters. The van der Waals surface area contributed by atoms with Crippen molar-refractivity contribution in [3.05, 3.63) is 89.5 Å². The first-order chi connectivity index (χ1) is 9.24. The van der Waals surface area contributed by atoms with E-state index in [1.54, 1.807) is 0 Å². The zero-order valence-corrected chi connectivity index (χ0v) is 10.9. The fraction of sp³-hybridized carbons (Fsp3) is 0.0556. The molecule has 0 fully saturated rings. The van der Waals surface area contributed by atoms with Gasteiger partial charge in [-0.3, -0.25) is 0 Å². The summed E-state index contributed by atoms with van der Waals surface area (Å²) in [5, 5.41) is 9.42. The van der Waals surface area contributed by atoms with E-state index in [1.807, 2.05) is 67.6 Å². The Bertz CT molecular complexity index is 602. The SMILES string of the molecule is C=C(C)C(C#N)=C(c1ccccc1)c1ccccc1. The van der Waals surface area contributed by atoms with Gasteiger partial charge in [0.25, 0.3) is 0 Å². The molecule has 1 nitrogen and oxygen atoms in total. The lowest BCUT2D eigenvalue weighted by Gasteiger charge is -2.11. The molecule has 1 heteroatoms. The highest BCUT2D eigenvalue weighted by Crippen LogP contribution is 2.29. The third kappa shape index (κ3) is 2.81. The van der Waals surface area contributed by atoms with Crippen molar-refractivity contribution in [2.75, 3.05) is 0 Å². The maximum absolute atomic E-state index is 9.42. The van der Waals surface area contributed by atoms with Crippen LogP contribution in [0.3, 0.4) is 0 Å². The second kappa shape index (κ2) is 5.84. The summed E-state index contributed by atoms with van der Waals surface area (Å²) in [6.45, 7) is 5.78. The van der Waals surface area contributed by atoms with Crippen LogP contribution in [0.25, 0.3) is 5.57 Å². The Morgan fingerprint density at radius 2 is 1.32 bits per heavy atom. The average Bonchev–Trinajstić information content (AvgIpc) is 2.46. The second-order valence-electron chi connectivity index (χ2n) is 4.37. The van der Waals surface area contributed by atoms with Crippen LogP contribution in [-0.4, -0.2) is 0 Å². The number of nitrogens with zero attached hydrogens (tertiary/aromatic N) is 1. The number of allylic oxidation sites excluding steroid dienone is 2. The van der Waals surface area contributed by atoms with E-state index in [1.165, 1.54) is 0 Å². The minimum absolute atomic E-state index is 0.636. The quantitative estimate of drug-likeness (QED) is 0.573. The summed E-state index contributed by atoms with van der Waals surface area (Å²) in [6.07, 6.45) is 0. The molecule has 0 aliphatic carbocycles. The first-order valence-electron chi connectivity index (χ1n) is 6.15. The molecule has 0 unspecified atom stereocenters. The second-order valence-corrected chi connectivity index (χ2v) is 4.37. The van der Waals surface area contributed by atoms with Crippen LogP contribution in [0.5, 0.6) is 0 Å². The van der Waals surface area contributed by atoms with Crippen LogP contribution in [0.15, 0.2) is 78.4 Å². The van der Waals surface area contributed by atoms with Gasteiger partial charge in [0, 0.05) is 5.57 Å². The number of benzene rings is 2. The van der Waals surface area contributed by atoms with Crippen LogP contribution in [-0.2, 0) is 0 Å². The standard InChI is InChI=1S/C18H15N/c1-14(2)17(13-19)18(15-9-5-3-6-10-15)16-11-7-4-8-12-16/h3-12H,1H2,2H3. The van der Waals surface area contributed by atoms with Gasteiger partial charge in [-0.25, -0.2) is 0 Å². The zero-order chi connectivity index (χ0) is 13.7. The lowest BCUT2D eigenvalue weighted by molar-refractivity contribution is 1.40. The summed E-state index contributed by atoms with van der Waals surface area (Å²) in [5.41, 5.74) is 4.43. The van der Waals surface area contributed by atoms with E-state index in [0.717, 1.165) is 22.3 Å². The van der Waals surface area contributed by atoms with E-state index in [2.05, 4.69) is 12.6 Å². The smallest absolute Gasteiger partial charge is 0.100 e. The summed E-state index contributed by atoms with van der Waals surface area (Å²) in [6, 6.07) is 22.2. The number of hydrogen-bond donors (Lipinski definition) is 0. The maximum atomic E-state index is 9.42. The highest BCUT2D eigenvalue weighted by molar-refractivity contribution is 5.86. The summed E-state index contributed by atoms with van der Waals surface area (Å²) < 4.78 is 0. The molecular formula is C18H15N. The largest absolute Gasteiger partial charge is 0.192 e. The Kier molecular flexibility index (Phi) is 3.95. The van der Waals surface area contributed by atoms with Crippen molar-refractivity contribution in [3.8, 4) is 6.07 Å². The van der Waals surface area contributed by atoms with Crippen LogP contribution in [0.1, 0.15) is 18.1 Å². The first kappa shape index (κ1) is 12.9. The van der Waals surface area contributed by atoms with Gasteiger partial charge in [-0.1, -0.05) is 67.2 Å². The molecule has 2 rings (SSSR count). The monoisotopic (exact) mass is 245 g/mol. The van der Waals surface area contributed by atoms with E-state index >= 15 is 0 Å². The Morgan fingerprint density at radius 1 is 0.895 bits per heavy atom. The highest BCUT2D eigenvalue weighted by Gasteiger charge is 2.11. The van der Waals surface area contributed by atoms with Gasteiger partial charge in [-0.2, -0.15) is 5.26 Å². The van der Waals surface area contributed by atoms with E-state index in [4.69, 9.17) is 0 Å². The minimum atomic E-state index is 0.636. The predicted octanol–water partition coefficient (Wildman–Crippen LogP) is 4.59. The van der Waals surface area contributed by atoms with Crippen LogP contribution in [0.4, 0.5) is 0 Å². The lowest BCUT2D eigenvalue weighted by Crippen LogP contribution is -1.94. The average molecular weight is 245 g/mol. The van der Waals surface area contributed by atoms with Gasteiger partial charge in [-0.15, -0.1) is 0 Å². The Balaban J connectivity index is 2.73. The van der Waals surface area contributed by atoms with Crippen molar-refractivity contribution >= 4 is 5.57 Å². The van der Waals surface area contributed by atoms with Crippen molar-refractivity contribution < 1.29 is 0 Å². The molecule has 0 radical (unpaired) electrons. The molecule has 19 heavy (non-hydrogen) atoms. The maximum Gasteiger partial charge on any atom is 0.100 e. The van der Waals surface area contributed by atoms with Crippen molar-refractivity contribution in [3.63, 3.8) is 0 Å². The van der Waals surface area contributed by atoms with Gasteiger partial charge in [0.05, 0.1) is 5.57 Å². The van der Waals surface area contributed by atoms with Crippen LogP contribution < -0.4 is 0 Å². The summed E-state index contributed by atoms with van der Waals surface area (Å²) in [7, 11) is 0. The molecule has 0 aliphatic heterocycles. The number of nitriles is 1. The Labute approximate surface area is 114 Å². The zero-order valence-electron chi connectivity index (χ0n) is 10.9. The Morgan fingerprint density at radius 3 is 1.63 bits per heavy atom. The molecule has 0 bridgehead atoms. The normalized spacial score (nSPS) is 9.47. The summed E-state index contributed by atoms with van der Waals surface area (Å²) >= 11 is 0. The molecule has 0 aliphatic rings. The molecule has 0 amide bonds. The van der Waals surface area contributed by atoms with E-state index in [9.17, 15) is 5.26 Å². The van der Waals surface area contributed by atoms with Gasteiger partial charge in [0.15, 0.2) is 0 Å². The van der Waals surface area contributed by atoms with Crippen molar-refractivity contribution in [1.82, 2.24) is 0 Å². The molecular weight excluding hydrogens is 230 g/mol. The number of rotatable bonds is 3. The topological polar surface area (TPSA) is 23.8 Å². The van der Waals surface area contributed by atoms with Crippen LogP contribution in [0, 0.1) is 11.3 Å². The van der Waals surface area contributed by atoms with Gasteiger partial charge in [0.2, 0.25) is 0 Å². The number of hydrogen-bond acceptors (Lipinski definition) is 1. The molecule has 2 aromatic rings. The molecule has 0 aromatic heterocycles. The molecule has 92 valence electrons. The van der Waals surface area contributed by atoms with Gasteiger partial charge in [0.1, 0.15) is 6.07 Å². The predicted molar refractivity (Wildman–Crippen MR) is 79.3 cm³/mol. The fourth-order valence-electron chi connectivity index (χ4n) is 2.03. The van der Waals surface area contributed by atoms with Gasteiger partial charge >= 0.3 is 0 Å². The van der Waals surface area contributed by atoms with Crippen molar-refractivity contribution in [2.45, 2.75) is 6.92 Å². The lowest BCUT2D eigenvalue weighted by atomic mass is 9.91. The van der Waals surface area contributed by atoms with Crippen molar-refractivity contribution in [1.29, 1.82) is 5.26 Å². The van der Waals surface area contributed by atoms with Gasteiger partial charge < -0.3 is 0 Å². The van der Waals surface area contributed by atoms with E-state index in [0.29, 0.717) is 5.57 Å². The molecule has 0 spiro atoms. The molecule has 0 N–H and O–H groups in total. The fourth-order valence-corrected chi connectivity index (χ4v) is 2.03. The van der Waals surface area contributed by atoms with E-state index in [-0.39, 0.29) is 0 Å². The van der Waals surface area contributed by atoms with Crippen molar-refractivity contribution in [2.24, 2.45) is 0 Å². The minimum Gasteiger partial charge on any atom is -0.192 e. The Hall–Kier alpha value is -2.59. The molecule has 0 saturated carbocycles. The summed E-state index contributed by atoms with van der Waals surface area (Å²) in [4.78, 5) is 0. The van der Waals surface area contributed by atoms with E-state index < -0.39 is 0 Å². The van der Waals surface area contributed by atoms with Gasteiger partial charge in [-0.05, 0) is 23.6 Å². The first-order valence-corrected chi connectivity index (χ1v) is 6.15. The van der Waals surface area contributed by atoms with Crippen LogP contribution in [0.2, 0.25) is 0 Å². The molecule has 0 heterocycles.